The number of rotatable bonds is 8. The molecule has 0 aromatic rings. The first-order chi connectivity index (χ1) is 6.22. The molecular formula is C8H16O5. The van der Waals surface area contributed by atoms with Gasteiger partial charge in [-0.25, -0.2) is 10.1 Å². The standard InChI is InChI=1S/C8H16O5/c1-2-3-4-5-6-7(8(9)10)12-13-11/h7,11H,2-6H2,1H3,(H,9,10). The van der Waals surface area contributed by atoms with E-state index in [9.17, 15) is 4.79 Å². The normalized spacial score (nSPS) is 12.8. The molecule has 1 unspecified atom stereocenters. The maximum absolute atomic E-state index is 10.4. The van der Waals surface area contributed by atoms with Crippen LogP contribution in [0, 0.1) is 0 Å². The van der Waals surface area contributed by atoms with Crippen molar-refractivity contribution < 1.29 is 25.1 Å². The van der Waals surface area contributed by atoms with Gasteiger partial charge in [0.2, 0.25) is 0 Å². The fourth-order valence-electron chi connectivity index (χ4n) is 1.02. The Bertz CT molecular complexity index is 136. The Balaban J connectivity index is 3.51. The number of carbonyl (C=O) groups is 1. The van der Waals surface area contributed by atoms with E-state index in [2.05, 4.69) is 16.8 Å². The molecule has 0 heterocycles. The van der Waals surface area contributed by atoms with E-state index < -0.39 is 12.1 Å². The number of carboxylic acid groups (broad SMARTS) is 1. The van der Waals surface area contributed by atoms with Gasteiger partial charge in [0.1, 0.15) is 0 Å². The van der Waals surface area contributed by atoms with E-state index in [1.165, 1.54) is 0 Å². The molecule has 0 saturated heterocycles. The van der Waals surface area contributed by atoms with E-state index in [0.717, 1.165) is 25.7 Å². The van der Waals surface area contributed by atoms with Crippen molar-refractivity contribution >= 4 is 5.97 Å². The average Bonchev–Trinajstić information content (AvgIpc) is 2.10. The highest BCUT2D eigenvalue weighted by Gasteiger charge is 2.18. The Kier molecular flexibility index (Phi) is 7.57. The second-order valence-corrected chi connectivity index (χ2v) is 2.85. The first-order valence-electron chi connectivity index (χ1n) is 4.42. The summed E-state index contributed by atoms with van der Waals surface area (Å²) in [5, 5.41) is 19.8. The van der Waals surface area contributed by atoms with Crippen molar-refractivity contribution in [3.05, 3.63) is 0 Å². The molecule has 5 heteroatoms. The molecule has 0 radical (unpaired) electrons. The average molecular weight is 192 g/mol. The van der Waals surface area contributed by atoms with Gasteiger partial charge in [-0.2, -0.15) is 4.89 Å². The second kappa shape index (κ2) is 7.97. The molecule has 0 aliphatic carbocycles. The Labute approximate surface area is 77.1 Å². The lowest BCUT2D eigenvalue weighted by Crippen LogP contribution is -2.23. The molecule has 5 nitrogen and oxygen atoms in total. The minimum Gasteiger partial charge on any atom is -0.479 e. The zero-order valence-electron chi connectivity index (χ0n) is 7.73. The predicted octanol–water partition coefficient (Wildman–Crippen LogP) is 1.83. The third kappa shape index (κ3) is 6.51. The van der Waals surface area contributed by atoms with Gasteiger partial charge in [-0.15, -0.1) is 0 Å². The van der Waals surface area contributed by atoms with Crippen molar-refractivity contribution in [1.29, 1.82) is 0 Å². The molecule has 0 aromatic carbocycles. The van der Waals surface area contributed by atoms with E-state index in [4.69, 9.17) is 10.4 Å². The number of carboxylic acids is 1. The van der Waals surface area contributed by atoms with Gasteiger partial charge in [0.15, 0.2) is 6.10 Å². The van der Waals surface area contributed by atoms with E-state index in [1.807, 2.05) is 0 Å². The summed E-state index contributed by atoms with van der Waals surface area (Å²) >= 11 is 0. The number of hydrogen-bond acceptors (Lipinski definition) is 4. The summed E-state index contributed by atoms with van der Waals surface area (Å²) in [6, 6.07) is 0. The molecule has 0 aliphatic heterocycles. The van der Waals surface area contributed by atoms with E-state index in [1.54, 1.807) is 0 Å². The quantitative estimate of drug-likeness (QED) is 0.348. The molecule has 0 saturated carbocycles. The molecule has 2 N–H and O–H groups in total. The number of hydrogen-bond donors (Lipinski definition) is 2. The lowest BCUT2D eigenvalue weighted by Gasteiger charge is -2.08. The maximum atomic E-state index is 10.4. The van der Waals surface area contributed by atoms with Gasteiger partial charge in [0, 0.05) is 0 Å². The molecule has 0 spiro atoms. The lowest BCUT2D eigenvalue weighted by molar-refractivity contribution is -0.502. The molecule has 0 rings (SSSR count). The third-order valence-corrected chi connectivity index (χ3v) is 1.75. The molecule has 1 atom stereocenters. The molecule has 78 valence electrons. The van der Waals surface area contributed by atoms with E-state index in [0.29, 0.717) is 6.42 Å². The van der Waals surface area contributed by atoms with Gasteiger partial charge in [-0.05, 0) is 6.42 Å². The van der Waals surface area contributed by atoms with Gasteiger partial charge in [-0.3, -0.25) is 0 Å². The third-order valence-electron chi connectivity index (χ3n) is 1.75. The van der Waals surface area contributed by atoms with Crippen molar-refractivity contribution in [3.63, 3.8) is 0 Å². The summed E-state index contributed by atoms with van der Waals surface area (Å²) < 4.78 is 0. The molecule has 0 fully saturated rings. The first kappa shape index (κ1) is 12.3. The fraction of sp³-hybridized carbons (Fsp3) is 0.875. The maximum Gasteiger partial charge on any atom is 0.336 e. The SMILES string of the molecule is CCCCCCC(OOO)C(=O)O. The summed E-state index contributed by atoms with van der Waals surface area (Å²) in [6.45, 7) is 2.07. The minimum atomic E-state index is -1.12. The van der Waals surface area contributed by atoms with Crippen LogP contribution in [0.5, 0.6) is 0 Å². The van der Waals surface area contributed by atoms with Crippen LogP contribution in [0.3, 0.4) is 0 Å². The van der Waals surface area contributed by atoms with Crippen LogP contribution in [-0.2, 0) is 14.7 Å². The zero-order chi connectivity index (χ0) is 10.1. The molecular weight excluding hydrogens is 176 g/mol. The predicted molar refractivity (Wildman–Crippen MR) is 45.0 cm³/mol. The first-order valence-corrected chi connectivity index (χ1v) is 4.42. The van der Waals surface area contributed by atoms with Crippen LogP contribution in [0.1, 0.15) is 39.0 Å². The van der Waals surface area contributed by atoms with Crippen LogP contribution in [0.2, 0.25) is 0 Å². The number of aliphatic carboxylic acids is 1. The van der Waals surface area contributed by atoms with Crippen LogP contribution in [0.25, 0.3) is 0 Å². The monoisotopic (exact) mass is 192 g/mol. The van der Waals surface area contributed by atoms with Gasteiger partial charge in [0.05, 0.1) is 0 Å². The molecule has 0 bridgehead atoms. The molecule has 0 amide bonds. The Morgan fingerprint density at radius 2 is 2.08 bits per heavy atom. The van der Waals surface area contributed by atoms with Crippen LogP contribution in [0.4, 0.5) is 0 Å². The van der Waals surface area contributed by atoms with Crippen molar-refractivity contribution in [2.75, 3.05) is 0 Å². The highest BCUT2D eigenvalue weighted by atomic mass is 17.5. The molecule has 13 heavy (non-hydrogen) atoms. The van der Waals surface area contributed by atoms with Gasteiger partial charge < -0.3 is 5.11 Å². The zero-order valence-corrected chi connectivity index (χ0v) is 7.73. The summed E-state index contributed by atoms with van der Waals surface area (Å²) in [5.74, 6) is -1.12. The highest BCUT2D eigenvalue weighted by Crippen LogP contribution is 2.08. The van der Waals surface area contributed by atoms with Gasteiger partial charge in [0.25, 0.3) is 0 Å². The van der Waals surface area contributed by atoms with Crippen molar-refractivity contribution in [2.45, 2.75) is 45.1 Å². The van der Waals surface area contributed by atoms with Crippen LogP contribution in [0.15, 0.2) is 0 Å². The lowest BCUT2D eigenvalue weighted by atomic mass is 10.1. The van der Waals surface area contributed by atoms with E-state index in [-0.39, 0.29) is 0 Å². The molecule has 0 aliphatic rings. The Hall–Kier alpha value is -0.650. The number of unbranched alkanes of at least 4 members (excludes halogenated alkanes) is 3. The van der Waals surface area contributed by atoms with Crippen LogP contribution >= 0.6 is 0 Å². The summed E-state index contributed by atoms with van der Waals surface area (Å²) in [4.78, 5) is 14.6. The van der Waals surface area contributed by atoms with Gasteiger partial charge >= 0.3 is 5.97 Å². The minimum absolute atomic E-state index is 0.357. The summed E-state index contributed by atoms with van der Waals surface area (Å²) in [6.07, 6.45) is 3.18. The smallest absolute Gasteiger partial charge is 0.336 e. The summed E-state index contributed by atoms with van der Waals surface area (Å²) in [7, 11) is 0. The van der Waals surface area contributed by atoms with Gasteiger partial charge in [-0.1, -0.05) is 37.6 Å². The topological polar surface area (TPSA) is 76.0 Å². The van der Waals surface area contributed by atoms with E-state index >= 15 is 0 Å². The van der Waals surface area contributed by atoms with Crippen molar-refractivity contribution in [3.8, 4) is 0 Å². The van der Waals surface area contributed by atoms with Crippen molar-refractivity contribution in [2.24, 2.45) is 0 Å². The molecule has 0 aromatic heterocycles. The second-order valence-electron chi connectivity index (χ2n) is 2.85. The highest BCUT2D eigenvalue weighted by molar-refractivity contribution is 5.72. The van der Waals surface area contributed by atoms with Crippen LogP contribution < -0.4 is 0 Å². The summed E-state index contributed by atoms with van der Waals surface area (Å²) in [5.41, 5.74) is 0. The fourth-order valence-corrected chi connectivity index (χ4v) is 1.02. The Morgan fingerprint density at radius 3 is 2.54 bits per heavy atom. The van der Waals surface area contributed by atoms with Crippen molar-refractivity contribution in [1.82, 2.24) is 0 Å². The largest absolute Gasteiger partial charge is 0.479 e. The Morgan fingerprint density at radius 1 is 1.38 bits per heavy atom. The van der Waals surface area contributed by atoms with Crippen LogP contribution in [-0.4, -0.2) is 22.4 Å².